The van der Waals surface area contributed by atoms with E-state index in [0.717, 1.165) is 29.7 Å². The van der Waals surface area contributed by atoms with Gasteiger partial charge in [0.1, 0.15) is 5.75 Å². The molecular formula is C26H23F6NO4. The van der Waals surface area contributed by atoms with Gasteiger partial charge < -0.3 is 14.8 Å². The zero-order valence-electron chi connectivity index (χ0n) is 19.4. The number of amides is 1. The molecule has 1 saturated heterocycles. The van der Waals surface area contributed by atoms with Crippen molar-refractivity contribution in [3.05, 3.63) is 71.8 Å². The van der Waals surface area contributed by atoms with Gasteiger partial charge in [0, 0.05) is 11.6 Å². The Bertz CT molecular complexity index is 1180. The normalized spacial score (nSPS) is 22.4. The average molecular weight is 527 g/mol. The number of anilines is 1. The Balaban J connectivity index is 1.32. The van der Waals surface area contributed by atoms with Gasteiger partial charge in [0.05, 0.1) is 18.4 Å². The molecule has 0 spiro atoms. The van der Waals surface area contributed by atoms with Crippen LogP contribution < -0.4 is 10.1 Å². The molecular weight excluding hydrogens is 504 g/mol. The first kappa shape index (κ1) is 26.6. The Labute approximate surface area is 208 Å². The lowest BCUT2D eigenvalue weighted by atomic mass is 9.75. The molecule has 198 valence electrons. The first-order valence-electron chi connectivity index (χ1n) is 11.4. The second-order valence-electron chi connectivity index (χ2n) is 9.39. The van der Waals surface area contributed by atoms with Gasteiger partial charge in [0.15, 0.2) is 0 Å². The molecule has 1 heterocycles. The second kappa shape index (κ2) is 9.75. The minimum Gasteiger partial charge on any atom is -0.465 e. The molecule has 1 N–H and O–H groups in total. The van der Waals surface area contributed by atoms with E-state index in [1.165, 1.54) is 12.1 Å². The Morgan fingerprint density at radius 1 is 1.08 bits per heavy atom. The molecule has 0 bridgehead atoms. The monoisotopic (exact) mass is 527 g/mol. The highest BCUT2D eigenvalue weighted by Gasteiger charge is 2.59. The van der Waals surface area contributed by atoms with Crippen LogP contribution >= 0.6 is 0 Å². The van der Waals surface area contributed by atoms with Gasteiger partial charge in [-0.05, 0) is 54.7 Å². The largest absolute Gasteiger partial charge is 0.465 e. The summed E-state index contributed by atoms with van der Waals surface area (Å²) in [6.07, 6.45) is -13.7. The van der Waals surface area contributed by atoms with Crippen LogP contribution in [-0.2, 0) is 27.2 Å². The molecule has 2 aromatic rings. The number of carbonyl (C=O) groups excluding carboxylic acids is 2. The van der Waals surface area contributed by atoms with Crippen molar-refractivity contribution < 1.29 is 45.4 Å². The van der Waals surface area contributed by atoms with Crippen molar-refractivity contribution in [3.63, 3.8) is 0 Å². The van der Waals surface area contributed by atoms with Gasteiger partial charge >= 0.3 is 18.3 Å². The van der Waals surface area contributed by atoms with Crippen molar-refractivity contribution >= 4 is 17.6 Å². The van der Waals surface area contributed by atoms with Gasteiger partial charge in [-0.2, -0.15) is 22.0 Å². The predicted octanol–water partition coefficient (Wildman–Crippen LogP) is 5.79. The molecule has 4 rings (SSSR count). The minimum atomic E-state index is -5.78. The van der Waals surface area contributed by atoms with E-state index in [1.807, 2.05) is 0 Å². The number of alkyl halides is 6. The van der Waals surface area contributed by atoms with Crippen molar-refractivity contribution in [3.8, 4) is 5.75 Å². The van der Waals surface area contributed by atoms with Gasteiger partial charge in [-0.15, -0.1) is 0 Å². The minimum absolute atomic E-state index is 0.109. The summed E-state index contributed by atoms with van der Waals surface area (Å²) in [5, 5.41) is 2.69. The van der Waals surface area contributed by atoms with E-state index in [2.05, 4.69) is 16.6 Å². The summed E-state index contributed by atoms with van der Waals surface area (Å²) in [7, 11) is 0. The third-order valence-electron chi connectivity index (χ3n) is 6.59. The molecule has 1 amide bonds. The Kier molecular flexibility index (Phi) is 7.00. The number of hydrogen-bond acceptors (Lipinski definition) is 4. The summed E-state index contributed by atoms with van der Waals surface area (Å²) < 4.78 is 85.6. The summed E-state index contributed by atoms with van der Waals surface area (Å²) in [4.78, 5) is 24.8. The van der Waals surface area contributed by atoms with Crippen molar-refractivity contribution in [2.75, 3.05) is 11.9 Å². The molecule has 2 aromatic carbocycles. The fourth-order valence-corrected chi connectivity index (χ4v) is 4.80. The molecule has 2 aliphatic rings. The number of carbonyl (C=O) groups is 2. The van der Waals surface area contributed by atoms with Crippen LogP contribution in [0, 0.1) is 11.3 Å². The van der Waals surface area contributed by atoms with E-state index in [1.54, 1.807) is 24.3 Å². The highest BCUT2D eigenvalue weighted by atomic mass is 19.4. The summed E-state index contributed by atoms with van der Waals surface area (Å²) in [5.41, 5.74) is 2.20. The third kappa shape index (κ3) is 5.75. The first-order chi connectivity index (χ1) is 17.3. The Hall–Kier alpha value is -3.50. The van der Waals surface area contributed by atoms with Crippen LogP contribution in [0.4, 0.5) is 32.0 Å². The number of rotatable bonds is 8. The number of allylic oxidation sites excluding steroid dienone is 1. The molecule has 0 radical (unpaired) electrons. The number of cyclic esters (lactones) is 1. The number of nitrogens with one attached hydrogen (secondary N) is 1. The molecule has 5 nitrogen and oxygen atoms in total. The number of hydrogen-bond donors (Lipinski definition) is 1. The van der Waals surface area contributed by atoms with Crippen LogP contribution in [0.3, 0.4) is 0 Å². The zero-order chi connectivity index (χ0) is 27.0. The standard InChI is InChI=1S/C26H23F6NO4/c1-15-10-18-14-36-23(35)24(18,12-15)13-17-2-6-19(7-3-17)33-21(34)11-16-4-8-20(9-5-16)37-26(31,32)22(27)25(28,29)30/h2-9,18,22H,1,10-14H2,(H,33,34). The lowest BCUT2D eigenvalue weighted by molar-refractivity contribution is -0.305. The van der Waals surface area contributed by atoms with Crippen LogP contribution in [0.2, 0.25) is 0 Å². The molecule has 2 fully saturated rings. The van der Waals surface area contributed by atoms with Crippen molar-refractivity contribution in [1.82, 2.24) is 0 Å². The number of ether oxygens (including phenoxy) is 2. The zero-order valence-corrected chi connectivity index (χ0v) is 19.4. The maximum atomic E-state index is 13.4. The van der Waals surface area contributed by atoms with Crippen LogP contribution in [0.1, 0.15) is 24.0 Å². The Morgan fingerprint density at radius 3 is 2.32 bits per heavy atom. The lowest BCUT2D eigenvalue weighted by Gasteiger charge is -2.24. The number of halogens is 6. The molecule has 3 atom stereocenters. The number of esters is 1. The number of benzene rings is 2. The van der Waals surface area contributed by atoms with Gasteiger partial charge in [-0.25, -0.2) is 4.39 Å². The highest BCUT2D eigenvalue weighted by molar-refractivity contribution is 5.92. The summed E-state index contributed by atoms with van der Waals surface area (Å²) >= 11 is 0. The molecule has 0 aromatic heterocycles. The molecule has 1 aliphatic heterocycles. The summed E-state index contributed by atoms with van der Waals surface area (Å²) in [5.74, 6) is -1.22. The van der Waals surface area contributed by atoms with E-state index in [9.17, 15) is 35.9 Å². The van der Waals surface area contributed by atoms with Gasteiger partial charge in [0.2, 0.25) is 5.91 Å². The van der Waals surface area contributed by atoms with Crippen LogP contribution in [0.5, 0.6) is 5.75 Å². The van der Waals surface area contributed by atoms with Crippen molar-refractivity contribution in [2.24, 2.45) is 11.3 Å². The molecule has 37 heavy (non-hydrogen) atoms. The fraction of sp³-hybridized carbons (Fsp3) is 0.385. The highest BCUT2D eigenvalue weighted by Crippen LogP contribution is 2.52. The Morgan fingerprint density at radius 2 is 1.70 bits per heavy atom. The summed E-state index contributed by atoms with van der Waals surface area (Å²) in [6, 6.07) is 11.3. The van der Waals surface area contributed by atoms with E-state index < -0.39 is 35.5 Å². The van der Waals surface area contributed by atoms with Gasteiger partial charge in [-0.3, -0.25) is 9.59 Å². The maximum Gasteiger partial charge on any atom is 0.439 e. The second-order valence-corrected chi connectivity index (χ2v) is 9.39. The smallest absolute Gasteiger partial charge is 0.439 e. The van der Waals surface area contributed by atoms with Crippen LogP contribution in [-0.4, -0.2) is 36.9 Å². The van der Waals surface area contributed by atoms with Gasteiger partial charge in [0.25, 0.3) is 6.17 Å². The maximum absolute atomic E-state index is 13.4. The van der Waals surface area contributed by atoms with Crippen LogP contribution in [0.15, 0.2) is 60.7 Å². The fourth-order valence-electron chi connectivity index (χ4n) is 4.80. The molecule has 11 heteroatoms. The number of fused-ring (bicyclic) bond motifs is 1. The SMILES string of the molecule is C=C1CC2COC(=O)C2(Cc2ccc(NC(=O)Cc3ccc(OC(F)(F)C(F)C(F)(F)F)cc3)cc2)C1. The van der Waals surface area contributed by atoms with E-state index in [4.69, 9.17) is 4.74 Å². The van der Waals surface area contributed by atoms with Gasteiger partial charge in [-0.1, -0.05) is 36.4 Å². The summed E-state index contributed by atoms with van der Waals surface area (Å²) in [6.45, 7) is 4.42. The van der Waals surface area contributed by atoms with Crippen molar-refractivity contribution in [2.45, 2.75) is 44.1 Å². The van der Waals surface area contributed by atoms with E-state index >= 15 is 0 Å². The predicted molar refractivity (Wildman–Crippen MR) is 121 cm³/mol. The lowest BCUT2D eigenvalue weighted by Crippen LogP contribution is -2.45. The quantitative estimate of drug-likeness (QED) is 0.268. The topological polar surface area (TPSA) is 64.6 Å². The van der Waals surface area contributed by atoms with E-state index in [0.29, 0.717) is 30.7 Å². The van der Waals surface area contributed by atoms with Crippen LogP contribution in [0.25, 0.3) is 0 Å². The first-order valence-corrected chi connectivity index (χ1v) is 11.4. The average Bonchev–Trinajstić information content (AvgIpc) is 3.28. The third-order valence-corrected chi connectivity index (χ3v) is 6.59. The van der Waals surface area contributed by atoms with E-state index in [-0.39, 0.29) is 18.3 Å². The molecule has 3 unspecified atom stereocenters. The molecule has 1 aliphatic carbocycles. The van der Waals surface area contributed by atoms with Crippen molar-refractivity contribution in [1.29, 1.82) is 0 Å². The molecule has 1 saturated carbocycles.